The van der Waals surface area contributed by atoms with Crippen molar-refractivity contribution in [2.45, 2.75) is 19.1 Å². The van der Waals surface area contributed by atoms with Crippen LogP contribution in [0.25, 0.3) is 0 Å². The Balaban J connectivity index is 1.60. The van der Waals surface area contributed by atoms with Gasteiger partial charge in [-0.05, 0) is 19.1 Å². The van der Waals surface area contributed by atoms with Crippen molar-refractivity contribution < 1.29 is 22.7 Å². The Labute approximate surface area is 211 Å². The number of halogens is 3. The van der Waals surface area contributed by atoms with Crippen molar-refractivity contribution >= 4 is 23.0 Å². The Morgan fingerprint density at radius 1 is 1.00 bits per heavy atom. The molecule has 0 radical (unpaired) electrons. The number of hydrogen-bond acceptors (Lipinski definition) is 4. The van der Waals surface area contributed by atoms with E-state index in [1.807, 2.05) is 67.6 Å². The summed E-state index contributed by atoms with van der Waals surface area (Å²) in [4.78, 5) is 20.0. The van der Waals surface area contributed by atoms with Gasteiger partial charge >= 0.3 is 6.18 Å². The molecule has 5 rings (SSSR count). The third-order valence-corrected chi connectivity index (χ3v) is 6.22. The summed E-state index contributed by atoms with van der Waals surface area (Å²) in [6.07, 6.45) is -3.03. The molecule has 0 aliphatic carbocycles. The van der Waals surface area contributed by atoms with Crippen LogP contribution >= 0.6 is 0 Å². The number of anilines is 1. The lowest BCUT2D eigenvalue weighted by Crippen LogP contribution is -2.42. The molecule has 1 atom stereocenters. The first-order chi connectivity index (χ1) is 17.8. The summed E-state index contributed by atoms with van der Waals surface area (Å²) in [6.45, 7) is 2.12. The van der Waals surface area contributed by atoms with Gasteiger partial charge in [-0.2, -0.15) is 18.3 Å². The number of fused-ring (bicyclic) bond motifs is 1. The van der Waals surface area contributed by atoms with Gasteiger partial charge in [-0.25, -0.2) is 4.99 Å². The predicted octanol–water partition coefficient (Wildman–Crippen LogP) is 6.30. The molecule has 4 aromatic rings. The predicted molar refractivity (Wildman–Crippen MR) is 135 cm³/mol. The molecule has 1 amide bonds. The van der Waals surface area contributed by atoms with Gasteiger partial charge in [-0.15, -0.1) is 0 Å². The van der Waals surface area contributed by atoms with Crippen LogP contribution in [0.4, 0.5) is 24.5 Å². The minimum Gasteiger partial charge on any atom is -0.496 e. The standard InChI is InChI=1S/C28H23F3N4O2/c1-18-17-34(21-13-14-22(28(29,30)31)24(15-21)37-2)27(36)26-23(16-32-35(18)26)33-25(19-9-5-3-6-10-19)20-11-7-4-8-12-20/h3-16,18H,17H2,1-2H3/t18-/m0/s1. The maximum absolute atomic E-state index is 13.7. The number of carbonyl (C=O) groups excluding carboxylic acids is 1. The van der Waals surface area contributed by atoms with Crippen LogP contribution in [0.5, 0.6) is 5.75 Å². The summed E-state index contributed by atoms with van der Waals surface area (Å²) in [5.41, 5.74) is 2.46. The summed E-state index contributed by atoms with van der Waals surface area (Å²) in [5, 5.41) is 4.43. The summed E-state index contributed by atoms with van der Waals surface area (Å²) >= 11 is 0. The SMILES string of the molecule is COc1cc(N2C[C@H](C)n3ncc(N=C(c4ccccc4)c4ccccc4)c3C2=O)ccc1C(F)(F)F. The van der Waals surface area contributed by atoms with Crippen LogP contribution in [0.3, 0.4) is 0 Å². The summed E-state index contributed by atoms with van der Waals surface area (Å²) in [7, 11) is 1.17. The van der Waals surface area contributed by atoms with Crippen LogP contribution in [0, 0.1) is 0 Å². The Morgan fingerprint density at radius 2 is 1.62 bits per heavy atom. The lowest BCUT2D eigenvalue weighted by Gasteiger charge is -2.32. The molecule has 37 heavy (non-hydrogen) atoms. The smallest absolute Gasteiger partial charge is 0.419 e. The van der Waals surface area contributed by atoms with Crippen molar-refractivity contribution in [1.29, 1.82) is 0 Å². The molecule has 0 saturated carbocycles. The van der Waals surface area contributed by atoms with E-state index in [1.54, 1.807) is 10.9 Å². The molecule has 0 unspecified atom stereocenters. The van der Waals surface area contributed by atoms with E-state index >= 15 is 0 Å². The maximum Gasteiger partial charge on any atom is 0.419 e. The van der Waals surface area contributed by atoms with Gasteiger partial charge in [0.2, 0.25) is 0 Å². The third-order valence-electron chi connectivity index (χ3n) is 6.22. The molecule has 0 bridgehead atoms. The van der Waals surface area contributed by atoms with Gasteiger partial charge in [-0.3, -0.25) is 9.48 Å². The van der Waals surface area contributed by atoms with Crippen LogP contribution in [-0.4, -0.2) is 35.1 Å². The van der Waals surface area contributed by atoms with E-state index in [4.69, 9.17) is 9.73 Å². The number of rotatable bonds is 5. The average molecular weight is 505 g/mol. The molecule has 3 aromatic carbocycles. The lowest BCUT2D eigenvalue weighted by atomic mass is 10.0. The monoisotopic (exact) mass is 504 g/mol. The van der Waals surface area contributed by atoms with Crippen LogP contribution < -0.4 is 9.64 Å². The second-order valence-electron chi connectivity index (χ2n) is 8.66. The number of aromatic nitrogens is 2. The van der Waals surface area contributed by atoms with Crippen molar-refractivity contribution in [2.24, 2.45) is 4.99 Å². The average Bonchev–Trinajstić information content (AvgIpc) is 3.34. The number of amides is 1. The molecule has 0 N–H and O–H groups in total. The van der Waals surface area contributed by atoms with E-state index in [2.05, 4.69) is 5.10 Å². The highest BCUT2D eigenvalue weighted by Crippen LogP contribution is 2.40. The van der Waals surface area contributed by atoms with Crippen LogP contribution in [0.1, 0.15) is 40.1 Å². The number of hydrogen-bond donors (Lipinski definition) is 0. The van der Waals surface area contributed by atoms with E-state index in [-0.39, 0.29) is 24.0 Å². The summed E-state index contributed by atoms with van der Waals surface area (Å²) in [6, 6.07) is 22.4. The molecule has 1 aromatic heterocycles. The summed E-state index contributed by atoms with van der Waals surface area (Å²) < 4.78 is 46.7. The fraction of sp³-hybridized carbons (Fsp3) is 0.179. The van der Waals surface area contributed by atoms with Crippen LogP contribution in [0.15, 0.2) is 90.1 Å². The zero-order valence-corrected chi connectivity index (χ0v) is 20.1. The number of ether oxygens (including phenoxy) is 1. The third kappa shape index (κ3) is 4.60. The molecule has 0 spiro atoms. The first-order valence-corrected chi connectivity index (χ1v) is 11.6. The number of carbonyl (C=O) groups is 1. The van der Waals surface area contributed by atoms with Gasteiger partial charge in [0, 0.05) is 29.4 Å². The number of alkyl halides is 3. The molecule has 0 fully saturated rings. The van der Waals surface area contributed by atoms with Gasteiger partial charge in [0.1, 0.15) is 11.4 Å². The minimum absolute atomic E-state index is 0.232. The van der Waals surface area contributed by atoms with E-state index < -0.39 is 17.6 Å². The number of methoxy groups -OCH3 is 1. The van der Waals surface area contributed by atoms with Gasteiger partial charge in [0.15, 0.2) is 5.69 Å². The highest BCUT2D eigenvalue weighted by atomic mass is 19.4. The normalized spacial score (nSPS) is 15.3. The van der Waals surface area contributed by atoms with E-state index in [1.165, 1.54) is 24.1 Å². The summed E-state index contributed by atoms with van der Waals surface area (Å²) in [5.74, 6) is -0.755. The van der Waals surface area contributed by atoms with Gasteiger partial charge in [-0.1, -0.05) is 60.7 Å². The van der Waals surface area contributed by atoms with Crippen LogP contribution in [-0.2, 0) is 6.18 Å². The molecule has 0 saturated heterocycles. The van der Waals surface area contributed by atoms with Crippen molar-refractivity contribution in [3.8, 4) is 5.75 Å². The second kappa shape index (κ2) is 9.57. The van der Waals surface area contributed by atoms with Crippen molar-refractivity contribution in [3.63, 3.8) is 0 Å². The van der Waals surface area contributed by atoms with Crippen molar-refractivity contribution in [3.05, 3.63) is 107 Å². The van der Waals surface area contributed by atoms with Crippen molar-refractivity contribution in [1.82, 2.24) is 9.78 Å². The fourth-order valence-electron chi connectivity index (χ4n) is 4.44. The van der Waals surface area contributed by atoms with E-state index in [0.717, 1.165) is 17.2 Å². The fourth-order valence-corrected chi connectivity index (χ4v) is 4.44. The minimum atomic E-state index is -4.57. The Bertz CT molecular complexity index is 1420. The van der Waals surface area contributed by atoms with E-state index in [0.29, 0.717) is 17.1 Å². The largest absolute Gasteiger partial charge is 0.496 e. The molecule has 188 valence electrons. The molecule has 1 aliphatic heterocycles. The number of nitrogens with zero attached hydrogens (tertiary/aromatic N) is 4. The number of aliphatic imine (C=N–C) groups is 1. The topological polar surface area (TPSA) is 59.7 Å². The first-order valence-electron chi connectivity index (χ1n) is 11.6. The molecule has 9 heteroatoms. The van der Waals surface area contributed by atoms with Gasteiger partial charge in [0.05, 0.1) is 30.6 Å². The second-order valence-corrected chi connectivity index (χ2v) is 8.66. The first kappa shape index (κ1) is 24.3. The van der Waals surface area contributed by atoms with Gasteiger partial charge in [0.25, 0.3) is 5.91 Å². The Kier molecular flexibility index (Phi) is 6.29. The zero-order chi connectivity index (χ0) is 26.2. The Morgan fingerprint density at radius 3 is 2.19 bits per heavy atom. The van der Waals surface area contributed by atoms with Crippen molar-refractivity contribution in [2.75, 3.05) is 18.6 Å². The highest BCUT2D eigenvalue weighted by molar-refractivity contribution is 6.15. The maximum atomic E-state index is 13.7. The molecule has 6 nitrogen and oxygen atoms in total. The molecular formula is C28H23F3N4O2. The molecule has 2 heterocycles. The lowest BCUT2D eigenvalue weighted by molar-refractivity contribution is -0.138. The zero-order valence-electron chi connectivity index (χ0n) is 20.1. The molecular weight excluding hydrogens is 481 g/mol. The number of benzene rings is 3. The quantitative estimate of drug-likeness (QED) is 0.300. The van der Waals surface area contributed by atoms with Gasteiger partial charge < -0.3 is 9.64 Å². The highest BCUT2D eigenvalue weighted by Gasteiger charge is 2.37. The Hall–Kier alpha value is -4.40. The van der Waals surface area contributed by atoms with E-state index in [9.17, 15) is 18.0 Å². The van der Waals surface area contributed by atoms with Crippen LogP contribution in [0.2, 0.25) is 0 Å². The molecule has 1 aliphatic rings.